The fourth-order valence-corrected chi connectivity index (χ4v) is 2.36. The number of benzene rings is 1. The van der Waals surface area contributed by atoms with Crippen molar-refractivity contribution in [3.63, 3.8) is 0 Å². The van der Waals surface area contributed by atoms with Crippen LogP contribution in [-0.2, 0) is 6.54 Å². The van der Waals surface area contributed by atoms with Gasteiger partial charge in [-0.1, -0.05) is 12.1 Å². The van der Waals surface area contributed by atoms with Gasteiger partial charge in [-0.3, -0.25) is 4.99 Å². The topological polar surface area (TPSA) is 52.6 Å². The summed E-state index contributed by atoms with van der Waals surface area (Å²) in [7, 11) is 5.64. The zero-order chi connectivity index (χ0) is 18.4. The van der Waals surface area contributed by atoms with Crippen LogP contribution in [0.25, 0.3) is 0 Å². The molecule has 2 N–H and O–H groups in total. The second-order valence-electron chi connectivity index (χ2n) is 6.22. The normalized spacial score (nSPS) is 12.6. The lowest BCUT2D eigenvalue weighted by atomic mass is 10.1. The summed E-state index contributed by atoms with van der Waals surface area (Å²) in [6.07, 6.45) is 1.79. The molecule has 1 unspecified atom stereocenters. The summed E-state index contributed by atoms with van der Waals surface area (Å²) in [5.74, 6) is 1.38. The van der Waals surface area contributed by atoms with Gasteiger partial charge >= 0.3 is 0 Å². The Morgan fingerprint density at radius 3 is 2.68 bits per heavy atom. The van der Waals surface area contributed by atoms with E-state index in [1.165, 1.54) is 0 Å². The van der Waals surface area contributed by atoms with Gasteiger partial charge in [-0.15, -0.1) is 0 Å². The number of rotatable bonds is 5. The molecule has 1 atom stereocenters. The number of anilines is 1. The lowest BCUT2D eigenvalue weighted by Crippen LogP contribution is -2.38. The number of aromatic nitrogens is 1. The van der Waals surface area contributed by atoms with Gasteiger partial charge in [-0.25, -0.2) is 9.37 Å². The number of hydrogen-bond acceptors (Lipinski definition) is 3. The third-order valence-electron chi connectivity index (χ3n) is 4.00. The first kappa shape index (κ1) is 18.7. The van der Waals surface area contributed by atoms with Gasteiger partial charge in [0.25, 0.3) is 0 Å². The van der Waals surface area contributed by atoms with Crippen LogP contribution in [0, 0.1) is 12.7 Å². The van der Waals surface area contributed by atoms with Crippen LogP contribution in [0.2, 0.25) is 0 Å². The SMILES string of the molecule is CN=C(NCc1ccnc(N(C)C)c1)NC(C)c1ccc(C)c(F)c1. The first-order valence-electron chi connectivity index (χ1n) is 8.26. The highest BCUT2D eigenvalue weighted by atomic mass is 19.1. The van der Waals surface area contributed by atoms with Gasteiger partial charge in [0.15, 0.2) is 5.96 Å². The molecule has 6 heteroatoms. The van der Waals surface area contributed by atoms with E-state index in [9.17, 15) is 4.39 Å². The number of aryl methyl sites for hydroxylation is 1. The number of pyridine rings is 1. The summed E-state index contributed by atoms with van der Waals surface area (Å²) in [6.45, 7) is 4.36. The minimum atomic E-state index is -0.193. The summed E-state index contributed by atoms with van der Waals surface area (Å²) >= 11 is 0. The van der Waals surface area contributed by atoms with Crippen molar-refractivity contribution in [3.05, 3.63) is 59.0 Å². The molecule has 1 aromatic heterocycles. The smallest absolute Gasteiger partial charge is 0.191 e. The number of nitrogens with zero attached hydrogens (tertiary/aromatic N) is 3. The predicted octanol–water partition coefficient (Wildman–Crippen LogP) is 3.02. The fourth-order valence-electron chi connectivity index (χ4n) is 2.36. The Morgan fingerprint density at radius 1 is 1.28 bits per heavy atom. The number of aliphatic imine (C=N–C) groups is 1. The van der Waals surface area contributed by atoms with Crippen molar-refractivity contribution in [2.75, 3.05) is 26.0 Å². The average Bonchev–Trinajstić information content (AvgIpc) is 2.60. The van der Waals surface area contributed by atoms with Crippen molar-refractivity contribution < 1.29 is 4.39 Å². The molecule has 2 aromatic rings. The molecule has 0 aliphatic heterocycles. The lowest BCUT2D eigenvalue weighted by Gasteiger charge is -2.19. The van der Waals surface area contributed by atoms with Crippen LogP contribution in [0.1, 0.15) is 29.7 Å². The maximum Gasteiger partial charge on any atom is 0.191 e. The van der Waals surface area contributed by atoms with E-state index in [-0.39, 0.29) is 11.9 Å². The number of hydrogen-bond donors (Lipinski definition) is 2. The lowest BCUT2D eigenvalue weighted by molar-refractivity contribution is 0.607. The number of guanidine groups is 1. The van der Waals surface area contributed by atoms with E-state index >= 15 is 0 Å². The van der Waals surface area contributed by atoms with Gasteiger partial charge < -0.3 is 15.5 Å². The van der Waals surface area contributed by atoms with E-state index in [1.807, 2.05) is 44.1 Å². The zero-order valence-corrected chi connectivity index (χ0v) is 15.5. The van der Waals surface area contributed by atoms with Crippen molar-refractivity contribution in [3.8, 4) is 0 Å². The maximum atomic E-state index is 13.7. The molecule has 134 valence electrons. The molecule has 2 rings (SSSR count). The van der Waals surface area contributed by atoms with E-state index < -0.39 is 0 Å². The number of halogens is 1. The molecule has 0 amide bonds. The molecule has 0 saturated heterocycles. The Bertz CT molecular complexity index is 742. The monoisotopic (exact) mass is 343 g/mol. The van der Waals surface area contributed by atoms with Gasteiger partial charge in [-0.05, 0) is 48.7 Å². The van der Waals surface area contributed by atoms with Crippen LogP contribution < -0.4 is 15.5 Å². The molecule has 0 bridgehead atoms. The van der Waals surface area contributed by atoms with Crippen LogP contribution in [0.15, 0.2) is 41.5 Å². The summed E-state index contributed by atoms with van der Waals surface area (Å²) in [4.78, 5) is 10.5. The van der Waals surface area contributed by atoms with E-state index in [0.717, 1.165) is 16.9 Å². The van der Waals surface area contributed by atoms with Crippen molar-refractivity contribution in [1.82, 2.24) is 15.6 Å². The van der Waals surface area contributed by atoms with Crippen LogP contribution in [0.4, 0.5) is 10.2 Å². The highest BCUT2D eigenvalue weighted by Crippen LogP contribution is 2.16. The summed E-state index contributed by atoms with van der Waals surface area (Å²) in [6, 6.07) is 9.21. The molecule has 1 heterocycles. The van der Waals surface area contributed by atoms with Crippen LogP contribution in [0.5, 0.6) is 0 Å². The molecule has 0 radical (unpaired) electrons. The average molecular weight is 343 g/mol. The van der Waals surface area contributed by atoms with Gasteiger partial charge in [0.2, 0.25) is 0 Å². The van der Waals surface area contributed by atoms with Crippen molar-refractivity contribution >= 4 is 11.8 Å². The predicted molar refractivity (Wildman–Crippen MR) is 101 cm³/mol. The van der Waals surface area contributed by atoms with Crippen LogP contribution >= 0.6 is 0 Å². The Balaban J connectivity index is 1.98. The van der Waals surface area contributed by atoms with Crippen molar-refractivity contribution in [2.45, 2.75) is 26.4 Å². The highest BCUT2D eigenvalue weighted by Gasteiger charge is 2.10. The molecule has 5 nitrogen and oxygen atoms in total. The highest BCUT2D eigenvalue weighted by molar-refractivity contribution is 5.80. The van der Waals surface area contributed by atoms with Crippen molar-refractivity contribution in [2.24, 2.45) is 4.99 Å². The van der Waals surface area contributed by atoms with Gasteiger partial charge in [0, 0.05) is 33.9 Å². The van der Waals surface area contributed by atoms with E-state index in [2.05, 4.69) is 20.6 Å². The summed E-state index contributed by atoms with van der Waals surface area (Å²) in [5.41, 5.74) is 2.63. The van der Waals surface area contributed by atoms with E-state index in [0.29, 0.717) is 18.1 Å². The van der Waals surface area contributed by atoms with E-state index in [1.54, 1.807) is 32.3 Å². The molecule has 0 spiro atoms. The van der Waals surface area contributed by atoms with Gasteiger partial charge in [-0.2, -0.15) is 0 Å². The second kappa shape index (κ2) is 8.46. The minimum Gasteiger partial charge on any atom is -0.363 e. The molecule has 0 fully saturated rings. The summed E-state index contributed by atoms with van der Waals surface area (Å²) in [5, 5.41) is 6.56. The first-order chi connectivity index (χ1) is 11.9. The standard InChI is InChI=1S/C19H26FN5/c1-13-6-7-16(11-17(13)20)14(2)24-19(21-3)23-12-15-8-9-22-18(10-15)25(4)5/h6-11,14H,12H2,1-5H3,(H2,21,23,24). The molecule has 1 aromatic carbocycles. The second-order valence-corrected chi connectivity index (χ2v) is 6.22. The first-order valence-corrected chi connectivity index (χ1v) is 8.26. The zero-order valence-electron chi connectivity index (χ0n) is 15.5. The molecular formula is C19H26FN5. The molecular weight excluding hydrogens is 317 g/mol. The van der Waals surface area contributed by atoms with E-state index in [4.69, 9.17) is 0 Å². The molecule has 25 heavy (non-hydrogen) atoms. The Hall–Kier alpha value is -2.63. The molecule has 0 aliphatic carbocycles. The van der Waals surface area contributed by atoms with Gasteiger partial charge in [0.1, 0.15) is 11.6 Å². The third-order valence-corrected chi connectivity index (χ3v) is 4.00. The Morgan fingerprint density at radius 2 is 2.04 bits per heavy atom. The van der Waals surface area contributed by atoms with Crippen LogP contribution in [0.3, 0.4) is 0 Å². The third kappa shape index (κ3) is 5.17. The van der Waals surface area contributed by atoms with Gasteiger partial charge in [0.05, 0.1) is 6.04 Å². The summed E-state index contributed by atoms with van der Waals surface area (Å²) < 4.78 is 13.7. The van der Waals surface area contributed by atoms with Crippen LogP contribution in [-0.4, -0.2) is 32.1 Å². The molecule has 0 saturated carbocycles. The fraction of sp³-hybridized carbons (Fsp3) is 0.368. The number of nitrogens with one attached hydrogen (secondary N) is 2. The maximum absolute atomic E-state index is 13.7. The quantitative estimate of drug-likeness (QED) is 0.647. The van der Waals surface area contributed by atoms with Crippen molar-refractivity contribution in [1.29, 1.82) is 0 Å². The largest absolute Gasteiger partial charge is 0.363 e. The molecule has 0 aliphatic rings. The minimum absolute atomic E-state index is 0.0592. The Kier molecular flexibility index (Phi) is 6.33. The Labute approximate surface area is 149 Å².